The van der Waals surface area contributed by atoms with Gasteiger partial charge in [0.2, 0.25) is 0 Å². The molecule has 1 aliphatic heterocycles. The lowest BCUT2D eigenvalue weighted by Gasteiger charge is -2.16. The minimum atomic E-state index is -0.401. The summed E-state index contributed by atoms with van der Waals surface area (Å²) in [6.45, 7) is 0. The van der Waals surface area contributed by atoms with Crippen molar-refractivity contribution in [1.29, 1.82) is 0 Å². The Hall–Kier alpha value is -4.22. The van der Waals surface area contributed by atoms with E-state index in [4.69, 9.17) is 11.6 Å². The van der Waals surface area contributed by atoms with Crippen molar-refractivity contribution in [3.63, 3.8) is 0 Å². The first kappa shape index (κ1) is 20.7. The first-order chi connectivity index (χ1) is 16.0. The smallest absolute Gasteiger partial charge is 0.266 e. The van der Waals surface area contributed by atoms with Crippen molar-refractivity contribution in [1.82, 2.24) is 0 Å². The lowest BCUT2D eigenvalue weighted by molar-refractivity contribution is 0.0924. The predicted octanol–water partition coefficient (Wildman–Crippen LogP) is 6.06. The summed E-state index contributed by atoms with van der Waals surface area (Å²) in [6, 6.07) is 28.5. The number of anilines is 2. The fraction of sp³-hybridized carbons (Fsp3) is 0. The molecule has 0 spiro atoms. The van der Waals surface area contributed by atoms with E-state index in [9.17, 15) is 14.4 Å². The second-order valence-corrected chi connectivity index (χ2v) is 7.96. The second kappa shape index (κ2) is 8.37. The highest BCUT2D eigenvalue weighted by molar-refractivity contribution is 6.37. The topological polar surface area (TPSA) is 66.5 Å². The number of halogens is 1. The molecule has 6 heteroatoms. The van der Waals surface area contributed by atoms with Gasteiger partial charge in [-0.15, -0.1) is 0 Å². The molecule has 0 fully saturated rings. The van der Waals surface area contributed by atoms with Crippen molar-refractivity contribution >= 4 is 40.7 Å². The summed E-state index contributed by atoms with van der Waals surface area (Å²) in [5.74, 6) is -1.12. The van der Waals surface area contributed by atoms with E-state index in [1.165, 1.54) is 6.07 Å². The van der Waals surface area contributed by atoms with Crippen molar-refractivity contribution in [3.05, 3.63) is 119 Å². The van der Waals surface area contributed by atoms with E-state index in [-0.39, 0.29) is 10.9 Å². The normalized spacial score (nSPS) is 12.6. The van der Waals surface area contributed by atoms with Crippen molar-refractivity contribution in [2.24, 2.45) is 0 Å². The number of carbonyl (C=O) groups excluding carboxylic acids is 3. The zero-order chi connectivity index (χ0) is 22.9. The Morgan fingerprint density at radius 3 is 1.88 bits per heavy atom. The Labute approximate surface area is 195 Å². The molecule has 1 N–H and O–H groups in total. The molecule has 4 aromatic rings. The van der Waals surface area contributed by atoms with Crippen LogP contribution in [-0.2, 0) is 0 Å². The highest BCUT2D eigenvalue weighted by atomic mass is 35.5. The number of hydrogen-bond donors (Lipinski definition) is 1. The number of carbonyl (C=O) groups is 3. The predicted molar refractivity (Wildman–Crippen MR) is 129 cm³/mol. The summed E-state index contributed by atoms with van der Waals surface area (Å²) in [5, 5.41) is 3.00. The summed E-state index contributed by atoms with van der Waals surface area (Å²) in [7, 11) is 0. The average Bonchev–Trinajstić information content (AvgIpc) is 3.11. The average molecular weight is 453 g/mol. The second-order valence-electron chi connectivity index (χ2n) is 7.55. The fourth-order valence-corrected chi connectivity index (χ4v) is 4.03. The van der Waals surface area contributed by atoms with E-state index in [2.05, 4.69) is 5.32 Å². The van der Waals surface area contributed by atoms with Crippen LogP contribution in [0.15, 0.2) is 97.1 Å². The Morgan fingerprint density at radius 2 is 1.27 bits per heavy atom. The van der Waals surface area contributed by atoms with Gasteiger partial charge >= 0.3 is 0 Å². The molecular weight excluding hydrogens is 436 g/mol. The monoisotopic (exact) mass is 452 g/mol. The van der Waals surface area contributed by atoms with Gasteiger partial charge in [0.25, 0.3) is 17.7 Å². The molecular formula is C27H17ClN2O3. The van der Waals surface area contributed by atoms with Crippen molar-refractivity contribution in [2.45, 2.75) is 0 Å². The lowest BCUT2D eigenvalue weighted by atomic mass is 10.0. The molecule has 1 heterocycles. The van der Waals surface area contributed by atoms with Crippen molar-refractivity contribution in [3.8, 4) is 11.1 Å². The molecule has 0 bridgehead atoms. The molecule has 0 unspecified atom stereocenters. The van der Waals surface area contributed by atoms with Crippen LogP contribution in [0.25, 0.3) is 11.1 Å². The molecule has 0 aromatic heterocycles. The third kappa shape index (κ3) is 3.79. The summed E-state index contributed by atoms with van der Waals surface area (Å²) in [4.78, 5) is 39.2. The number of imide groups is 1. The molecule has 3 amide bonds. The van der Waals surface area contributed by atoms with Crippen LogP contribution in [0.1, 0.15) is 31.1 Å². The van der Waals surface area contributed by atoms with Crippen molar-refractivity contribution < 1.29 is 14.4 Å². The van der Waals surface area contributed by atoms with Gasteiger partial charge in [-0.1, -0.05) is 66.2 Å². The van der Waals surface area contributed by atoms with E-state index in [0.717, 1.165) is 16.0 Å². The zero-order valence-corrected chi connectivity index (χ0v) is 18.0. The number of benzene rings is 4. The van der Waals surface area contributed by atoms with Crippen LogP contribution in [0.2, 0.25) is 5.02 Å². The van der Waals surface area contributed by atoms with Crippen LogP contribution in [0.3, 0.4) is 0 Å². The van der Waals surface area contributed by atoms with Gasteiger partial charge in [0.15, 0.2) is 0 Å². The minimum Gasteiger partial charge on any atom is -0.321 e. The third-order valence-corrected chi connectivity index (χ3v) is 5.82. The maximum atomic E-state index is 12.7. The first-order valence-corrected chi connectivity index (χ1v) is 10.6. The maximum Gasteiger partial charge on any atom is 0.266 e. The molecule has 5 nitrogen and oxygen atoms in total. The van der Waals surface area contributed by atoms with Gasteiger partial charge in [-0.25, -0.2) is 4.90 Å². The number of nitrogens with one attached hydrogen (secondary N) is 1. The van der Waals surface area contributed by atoms with Crippen LogP contribution in [-0.4, -0.2) is 17.7 Å². The number of rotatable bonds is 4. The molecule has 33 heavy (non-hydrogen) atoms. The molecule has 0 saturated carbocycles. The molecule has 4 aromatic carbocycles. The van der Waals surface area contributed by atoms with E-state index in [1.54, 1.807) is 48.5 Å². The Kier molecular flexibility index (Phi) is 5.24. The summed E-state index contributed by atoms with van der Waals surface area (Å²) < 4.78 is 0. The van der Waals surface area contributed by atoms with Gasteiger partial charge in [0.1, 0.15) is 0 Å². The molecule has 5 rings (SSSR count). The van der Waals surface area contributed by atoms with E-state index in [0.29, 0.717) is 28.1 Å². The van der Waals surface area contributed by atoms with Crippen LogP contribution in [0, 0.1) is 0 Å². The molecule has 160 valence electrons. The number of hydrogen-bond acceptors (Lipinski definition) is 3. The number of nitrogens with zero attached hydrogens (tertiary/aromatic N) is 1. The third-order valence-electron chi connectivity index (χ3n) is 5.51. The van der Waals surface area contributed by atoms with E-state index < -0.39 is 11.8 Å². The van der Waals surface area contributed by atoms with Gasteiger partial charge < -0.3 is 5.32 Å². The maximum absolute atomic E-state index is 12.7. The molecule has 0 atom stereocenters. The molecule has 0 radical (unpaired) electrons. The summed E-state index contributed by atoms with van der Waals surface area (Å²) in [6.07, 6.45) is 0. The zero-order valence-electron chi connectivity index (χ0n) is 17.3. The van der Waals surface area contributed by atoms with Crippen molar-refractivity contribution in [2.75, 3.05) is 10.2 Å². The van der Waals surface area contributed by atoms with Gasteiger partial charge in [0, 0.05) is 5.56 Å². The van der Waals surface area contributed by atoms with Crippen LogP contribution in [0.5, 0.6) is 0 Å². The quantitative estimate of drug-likeness (QED) is 0.383. The summed E-state index contributed by atoms with van der Waals surface area (Å²) in [5.41, 5.74) is 4.00. The van der Waals surface area contributed by atoms with Crippen LogP contribution >= 0.6 is 11.6 Å². The highest BCUT2D eigenvalue weighted by Crippen LogP contribution is 2.33. The Morgan fingerprint density at radius 1 is 0.697 bits per heavy atom. The standard InChI is InChI=1S/C27H17ClN2O3/c28-23-16-20(30-26(32)21-8-4-5-9-22(21)27(30)33)14-15-24(23)29-25(31)19-12-10-18(11-13-19)17-6-2-1-3-7-17/h1-16H,(H,29,31). The Bertz CT molecular complexity index is 1360. The summed E-state index contributed by atoms with van der Waals surface area (Å²) >= 11 is 6.39. The fourth-order valence-electron chi connectivity index (χ4n) is 3.81. The molecule has 0 aliphatic carbocycles. The number of amides is 3. The minimum absolute atomic E-state index is 0.221. The van der Waals surface area contributed by atoms with Gasteiger partial charge in [-0.2, -0.15) is 0 Å². The van der Waals surface area contributed by atoms with Crippen LogP contribution in [0.4, 0.5) is 11.4 Å². The van der Waals surface area contributed by atoms with Gasteiger partial charge in [0.05, 0.1) is 27.5 Å². The van der Waals surface area contributed by atoms with E-state index >= 15 is 0 Å². The molecule has 1 aliphatic rings. The van der Waals surface area contributed by atoms with Gasteiger partial charge in [-0.05, 0) is 53.6 Å². The first-order valence-electron chi connectivity index (χ1n) is 10.3. The van der Waals surface area contributed by atoms with E-state index in [1.807, 2.05) is 42.5 Å². The lowest BCUT2D eigenvalue weighted by Crippen LogP contribution is -2.29. The largest absolute Gasteiger partial charge is 0.321 e. The number of fused-ring (bicyclic) bond motifs is 1. The van der Waals surface area contributed by atoms with Gasteiger partial charge in [-0.3, -0.25) is 14.4 Å². The van der Waals surface area contributed by atoms with Crippen LogP contribution < -0.4 is 10.2 Å². The Balaban J connectivity index is 1.34. The SMILES string of the molecule is O=C(Nc1ccc(N2C(=O)c3ccccc3C2=O)cc1Cl)c1ccc(-c2ccccc2)cc1. The molecule has 0 saturated heterocycles. The highest BCUT2D eigenvalue weighted by Gasteiger charge is 2.36.